The van der Waals surface area contributed by atoms with Crippen LogP contribution >= 0.6 is 11.6 Å². The van der Waals surface area contributed by atoms with Gasteiger partial charge in [0.1, 0.15) is 6.10 Å². The maximum Gasteiger partial charge on any atom is 0.100 e. The highest BCUT2D eigenvalue weighted by atomic mass is 35.5. The molecule has 1 heterocycles. The molecule has 0 aromatic rings. The molecule has 1 aliphatic heterocycles. The van der Waals surface area contributed by atoms with Gasteiger partial charge in [-0.25, -0.2) is 0 Å². The van der Waals surface area contributed by atoms with Gasteiger partial charge < -0.3 is 4.74 Å². The largest absolute Gasteiger partial charge is 0.365 e. The lowest BCUT2D eigenvalue weighted by Gasteiger charge is -1.87. The molecule has 1 atom stereocenters. The van der Waals surface area contributed by atoms with Crippen LogP contribution in [0, 0.1) is 0 Å². The number of ether oxygens (including phenoxy) is 1. The lowest BCUT2D eigenvalue weighted by molar-refractivity contribution is 0.329. The molecular formula is C5H9ClO. The van der Waals surface area contributed by atoms with E-state index in [4.69, 9.17) is 16.3 Å². The third-order valence-corrected chi connectivity index (χ3v) is 1.58. The van der Waals surface area contributed by atoms with Crippen molar-refractivity contribution < 1.29 is 4.74 Å². The first-order valence-corrected chi connectivity index (χ1v) is 2.94. The Morgan fingerprint density at radius 3 is 2.14 bits per heavy atom. The summed E-state index contributed by atoms with van der Waals surface area (Å²) in [6, 6.07) is 0. The number of epoxide rings is 1. The van der Waals surface area contributed by atoms with Crippen LogP contribution < -0.4 is 0 Å². The second kappa shape index (κ2) is 1.36. The zero-order valence-electron chi connectivity index (χ0n) is 4.57. The molecule has 0 bridgehead atoms. The van der Waals surface area contributed by atoms with Gasteiger partial charge in [0.25, 0.3) is 0 Å². The van der Waals surface area contributed by atoms with Crippen molar-refractivity contribution in [3.05, 3.63) is 0 Å². The Kier molecular flexibility index (Phi) is 1.05. The van der Waals surface area contributed by atoms with Crippen LogP contribution in [-0.4, -0.2) is 17.6 Å². The van der Waals surface area contributed by atoms with Crippen molar-refractivity contribution in [2.45, 2.75) is 25.6 Å². The predicted molar refractivity (Wildman–Crippen MR) is 29.7 cm³/mol. The van der Waals surface area contributed by atoms with E-state index in [1.807, 2.05) is 13.8 Å². The molecule has 1 aliphatic rings. The molecule has 0 aromatic heterocycles. The van der Waals surface area contributed by atoms with E-state index < -0.39 is 0 Å². The van der Waals surface area contributed by atoms with Gasteiger partial charge in [-0.2, -0.15) is 0 Å². The molecule has 0 aliphatic carbocycles. The maximum atomic E-state index is 5.46. The zero-order chi connectivity index (χ0) is 5.49. The van der Waals surface area contributed by atoms with Gasteiger partial charge in [0.15, 0.2) is 0 Å². The van der Waals surface area contributed by atoms with Gasteiger partial charge in [0.05, 0.1) is 11.5 Å². The molecule has 1 unspecified atom stereocenters. The van der Waals surface area contributed by atoms with Gasteiger partial charge in [-0.15, -0.1) is 11.6 Å². The Balaban J connectivity index is 2.30. The van der Waals surface area contributed by atoms with E-state index in [0.29, 0.717) is 12.0 Å². The molecule has 0 aromatic carbocycles. The van der Waals surface area contributed by atoms with E-state index in [1.54, 1.807) is 0 Å². The highest BCUT2D eigenvalue weighted by Crippen LogP contribution is 2.35. The van der Waals surface area contributed by atoms with Crippen molar-refractivity contribution >= 4 is 11.6 Å². The molecule has 1 rings (SSSR count). The lowest BCUT2D eigenvalue weighted by Crippen LogP contribution is -2.02. The highest BCUT2D eigenvalue weighted by Gasteiger charge is 2.46. The normalized spacial score (nSPS) is 35.6. The minimum atomic E-state index is 0.0851. The Labute approximate surface area is 48.6 Å². The minimum absolute atomic E-state index is 0.0851. The van der Waals surface area contributed by atoms with Crippen LogP contribution in [0.15, 0.2) is 0 Å². The molecule has 2 heteroatoms. The quantitative estimate of drug-likeness (QED) is 0.377. The number of rotatable bonds is 1. The standard InChI is InChI=1S/C5H9ClO/c1-5(2)4(3-6)7-5/h4H,3H2,1-2H3. The van der Waals surface area contributed by atoms with Crippen molar-refractivity contribution in [1.82, 2.24) is 0 Å². The number of alkyl halides is 1. The molecule has 0 radical (unpaired) electrons. The van der Waals surface area contributed by atoms with Gasteiger partial charge in [0.2, 0.25) is 0 Å². The SMILES string of the molecule is CC1(C)OC1CCl. The summed E-state index contributed by atoms with van der Waals surface area (Å²) in [5.41, 5.74) is 0.0851. The second-order valence-corrected chi connectivity index (χ2v) is 2.67. The van der Waals surface area contributed by atoms with Gasteiger partial charge in [-0.05, 0) is 13.8 Å². The Bertz CT molecular complexity index is 80.1. The minimum Gasteiger partial charge on any atom is -0.365 e. The first-order valence-electron chi connectivity index (χ1n) is 2.40. The number of hydrogen-bond donors (Lipinski definition) is 0. The summed E-state index contributed by atoms with van der Waals surface area (Å²) < 4.78 is 5.12. The van der Waals surface area contributed by atoms with E-state index in [2.05, 4.69) is 0 Å². The van der Waals surface area contributed by atoms with E-state index in [9.17, 15) is 0 Å². The first kappa shape index (κ1) is 5.39. The molecule has 42 valence electrons. The molecule has 0 spiro atoms. The topological polar surface area (TPSA) is 12.5 Å². The molecular weight excluding hydrogens is 112 g/mol. The smallest absolute Gasteiger partial charge is 0.100 e. The zero-order valence-corrected chi connectivity index (χ0v) is 5.33. The average Bonchev–Trinajstić information content (AvgIpc) is 2.13. The van der Waals surface area contributed by atoms with E-state index in [-0.39, 0.29) is 5.60 Å². The number of hydrogen-bond acceptors (Lipinski definition) is 1. The summed E-state index contributed by atoms with van der Waals surface area (Å²) in [6.07, 6.45) is 0.314. The maximum absolute atomic E-state index is 5.46. The monoisotopic (exact) mass is 120 g/mol. The van der Waals surface area contributed by atoms with Crippen LogP contribution in [0.1, 0.15) is 13.8 Å². The Morgan fingerprint density at radius 1 is 1.71 bits per heavy atom. The molecule has 0 amide bonds. The fourth-order valence-corrected chi connectivity index (χ4v) is 0.985. The number of halogens is 1. The third-order valence-electron chi connectivity index (χ3n) is 1.30. The van der Waals surface area contributed by atoms with Crippen molar-refractivity contribution in [1.29, 1.82) is 0 Å². The van der Waals surface area contributed by atoms with Crippen LogP contribution in [-0.2, 0) is 4.74 Å². The Morgan fingerprint density at radius 2 is 2.14 bits per heavy atom. The lowest BCUT2D eigenvalue weighted by atomic mass is 10.2. The van der Waals surface area contributed by atoms with Gasteiger partial charge in [0, 0.05) is 0 Å². The molecule has 0 N–H and O–H groups in total. The van der Waals surface area contributed by atoms with Crippen molar-refractivity contribution in [2.75, 3.05) is 5.88 Å². The molecule has 0 saturated carbocycles. The third kappa shape index (κ3) is 0.892. The predicted octanol–water partition coefficient (Wildman–Crippen LogP) is 1.40. The second-order valence-electron chi connectivity index (χ2n) is 2.36. The molecule has 1 saturated heterocycles. The Hall–Kier alpha value is 0.250. The van der Waals surface area contributed by atoms with Crippen LogP contribution in [0.4, 0.5) is 0 Å². The van der Waals surface area contributed by atoms with Crippen molar-refractivity contribution in [3.63, 3.8) is 0 Å². The summed E-state index contributed by atoms with van der Waals surface area (Å²) in [4.78, 5) is 0. The van der Waals surface area contributed by atoms with Crippen LogP contribution in [0.25, 0.3) is 0 Å². The molecule has 7 heavy (non-hydrogen) atoms. The van der Waals surface area contributed by atoms with Gasteiger partial charge in [-0.1, -0.05) is 0 Å². The summed E-state index contributed by atoms with van der Waals surface area (Å²) in [5, 5.41) is 0. The average molecular weight is 121 g/mol. The summed E-state index contributed by atoms with van der Waals surface area (Å²) >= 11 is 5.46. The van der Waals surface area contributed by atoms with Crippen molar-refractivity contribution in [3.8, 4) is 0 Å². The fourth-order valence-electron chi connectivity index (χ4n) is 0.550. The molecule has 1 nitrogen and oxygen atoms in total. The van der Waals surface area contributed by atoms with E-state index >= 15 is 0 Å². The van der Waals surface area contributed by atoms with Crippen LogP contribution in [0.5, 0.6) is 0 Å². The fraction of sp³-hybridized carbons (Fsp3) is 1.00. The van der Waals surface area contributed by atoms with Gasteiger partial charge in [-0.3, -0.25) is 0 Å². The summed E-state index contributed by atoms with van der Waals surface area (Å²) in [7, 11) is 0. The first-order chi connectivity index (χ1) is 3.17. The van der Waals surface area contributed by atoms with Crippen LogP contribution in [0.3, 0.4) is 0 Å². The van der Waals surface area contributed by atoms with Crippen molar-refractivity contribution in [2.24, 2.45) is 0 Å². The van der Waals surface area contributed by atoms with E-state index in [1.165, 1.54) is 0 Å². The van der Waals surface area contributed by atoms with Gasteiger partial charge >= 0.3 is 0 Å². The summed E-state index contributed by atoms with van der Waals surface area (Å²) in [5.74, 6) is 0.632. The van der Waals surface area contributed by atoms with Crippen LogP contribution in [0.2, 0.25) is 0 Å². The molecule has 1 fully saturated rings. The summed E-state index contributed by atoms with van der Waals surface area (Å²) in [6.45, 7) is 4.08. The van der Waals surface area contributed by atoms with E-state index in [0.717, 1.165) is 0 Å². The highest BCUT2D eigenvalue weighted by molar-refractivity contribution is 6.18.